The van der Waals surface area contributed by atoms with Crippen LogP contribution in [0.2, 0.25) is 0 Å². The zero-order valence-electron chi connectivity index (χ0n) is 9.41. The second-order valence-electron chi connectivity index (χ2n) is 4.87. The molecule has 86 valence electrons. The van der Waals surface area contributed by atoms with Crippen LogP contribution in [0.3, 0.4) is 0 Å². The number of fused-ring (bicyclic) bond motifs is 2. The lowest BCUT2D eigenvalue weighted by Crippen LogP contribution is -2.44. The minimum atomic E-state index is 0.110. The topological polar surface area (TPSA) is 58.4 Å². The Kier molecular flexibility index (Phi) is 3.14. The largest absolute Gasteiger partial charge is 0.338 e. The molecular formula is C11H21N3O. The van der Waals surface area contributed by atoms with Crippen LogP contribution in [0, 0.1) is 5.92 Å². The SMILES string of the molecule is CCCNC(=O)N1CC2CC(N)CC1C2. The summed E-state index contributed by atoms with van der Waals surface area (Å²) >= 11 is 0. The highest BCUT2D eigenvalue weighted by molar-refractivity contribution is 5.75. The Hall–Kier alpha value is -0.770. The molecule has 2 rings (SSSR count). The van der Waals surface area contributed by atoms with Crippen LogP contribution < -0.4 is 11.1 Å². The van der Waals surface area contributed by atoms with Crippen molar-refractivity contribution in [2.24, 2.45) is 11.7 Å². The first-order chi connectivity index (χ1) is 7.20. The van der Waals surface area contributed by atoms with Gasteiger partial charge in [0.05, 0.1) is 0 Å². The highest BCUT2D eigenvalue weighted by Crippen LogP contribution is 2.34. The molecule has 2 aliphatic rings. The van der Waals surface area contributed by atoms with E-state index in [4.69, 9.17) is 5.73 Å². The second kappa shape index (κ2) is 4.39. The van der Waals surface area contributed by atoms with Crippen LogP contribution in [0.5, 0.6) is 0 Å². The average molecular weight is 211 g/mol. The number of likely N-dealkylation sites (tertiary alicyclic amines) is 1. The summed E-state index contributed by atoms with van der Waals surface area (Å²) in [6.45, 7) is 3.76. The maximum atomic E-state index is 11.8. The molecule has 1 saturated heterocycles. The van der Waals surface area contributed by atoms with Crippen LogP contribution in [0.1, 0.15) is 32.6 Å². The third-order valence-corrected chi connectivity index (χ3v) is 3.50. The second-order valence-corrected chi connectivity index (χ2v) is 4.87. The summed E-state index contributed by atoms with van der Waals surface area (Å²) in [7, 11) is 0. The van der Waals surface area contributed by atoms with E-state index in [1.165, 1.54) is 0 Å². The summed E-state index contributed by atoms with van der Waals surface area (Å²) < 4.78 is 0. The molecule has 15 heavy (non-hydrogen) atoms. The number of rotatable bonds is 2. The quantitative estimate of drug-likeness (QED) is 0.713. The van der Waals surface area contributed by atoms with E-state index >= 15 is 0 Å². The Labute approximate surface area is 91.2 Å². The molecule has 1 aliphatic carbocycles. The lowest BCUT2D eigenvalue weighted by molar-refractivity contribution is 0.189. The molecule has 3 unspecified atom stereocenters. The van der Waals surface area contributed by atoms with Crippen LogP contribution in [-0.4, -0.2) is 36.1 Å². The van der Waals surface area contributed by atoms with E-state index in [1.54, 1.807) is 0 Å². The monoisotopic (exact) mass is 211 g/mol. The van der Waals surface area contributed by atoms with Gasteiger partial charge in [-0.2, -0.15) is 0 Å². The third kappa shape index (κ3) is 2.25. The van der Waals surface area contributed by atoms with Gasteiger partial charge >= 0.3 is 6.03 Å². The van der Waals surface area contributed by atoms with Crippen molar-refractivity contribution >= 4 is 6.03 Å². The van der Waals surface area contributed by atoms with Crippen LogP contribution in [-0.2, 0) is 0 Å². The first kappa shape index (κ1) is 10.7. The average Bonchev–Trinajstić information content (AvgIpc) is 2.50. The van der Waals surface area contributed by atoms with Crippen LogP contribution in [0.25, 0.3) is 0 Å². The van der Waals surface area contributed by atoms with E-state index in [0.717, 1.165) is 38.8 Å². The summed E-state index contributed by atoms with van der Waals surface area (Å²) in [4.78, 5) is 13.8. The van der Waals surface area contributed by atoms with E-state index in [1.807, 2.05) is 4.90 Å². The van der Waals surface area contributed by atoms with Crippen LogP contribution in [0.4, 0.5) is 4.79 Å². The van der Waals surface area contributed by atoms with Crippen molar-refractivity contribution in [1.29, 1.82) is 0 Å². The maximum absolute atomic E-state index is 11.8. The first-order valence-corrected chi connectivity index (χ1v) is 6.00. The summed E-state index contributed by atoms with van der Waals surface area (Å²) in [5, 5.41) is 2.95. The van der Waals surface area contributed by atoms with Gasteiger partial charge in [-0.25, -0.2) is 4.79 Å². The molecule has 0 aromatic heterocycles. The number of hydrogen-bond donors (Lipinski definition) is 2. The summed E-state index contributed by atoms with van der Waals surface area (Å²) in [6.07, 6.45) is 4.23. The number of amides is 2. The molecule has 2 fully saturated rings. The molecule has 0 aromatic carbocycles. The molecular weight excluding hydrogens is 190 g/mol. The predicted molar refractivity (Wildman–Crippen MR) is 59.5 cm³/mol. The summed E-state index contributed by atoms with van der Waals surface area (Å²) in [6, 6.07) is 0.812. The standard InChI is InChI=1S/C11H21N3O/c1-2-3-13-11(15)14-7-8-4-9(12)6-10(14)5-8/h8-10H,2-7,12H2,1H3,(H,13,15). The fourth-order valence-electron chi connectivity index (χ4n) is 2.86. The zero-order valence-corrected chi connectivity index (χ0v) is 9.41. The van der Waals surface area contributed by atoms with Gasteiger partial charge in [-0.3, -0.25) is 0 Å². The van der Waals surface area contributed by atoms with E-state index in [0.29, 0.717) is 18.0 Å². The van der Waals surface area contributed by atoms with Gasteiger partial charge < -0.3 is 16.0 Å². The Morgan fingerprint density at radius 1 is 1.47 bits per heavy atom. The molecule has 3 atom stereocenters. The van der Waals surface area contributed by atoms with Gasteiger partial charge in [0.25, 0.3) is 0 Å². The normalized spacial score (nSPS) is 34.3. The summed E-state index contributed by atoms with van der Waals surface area (Å²) in [5.41, 5.74) is 5.96. The van der Waals surface area contributed by atoms with Crippen LogP contribution in [0.15, 0.2) is 0 Å². The number of hydrogen-bond acceptors (Lipinski definition) is 2. The Morgan fingerprint density at radius 3 is 3.00 bits per heavy atom. The van der Waals surface area contributed by atoms with Gasteiger partial charge in [0.1, 0.15) is 0 Å². The fraction of sp³-hybridized carbons (Fsp3) is 0.909. The van der Waals surface area contributed by atoms with E-state index in [-0.39, 0.29) is 6.03 Å². The van der Waals surface area contributed by atoms with Gasteiger partial charge in [0.2, 0.25) is 0 Å². The fourth-order valence-corrected chi connectivity index (χ4v) is 2.86. The lowest BCUT2D eigenvalue weighted by Gasteiger charge is -2.27. The van der Waals surface area contributed by atoms with E-state index in [9.17, 15) is 4.79 Å². The van der Waals surface area contributed by atoms with Gasteiger partial charge in [0, 0.05) is 25.2 Å². The lowest BCUT2D eigenvalue weighted by atomic mass is 9.87. The van der Waals surface area contributed by atoms with Crippen molar-refractivity contribution < 1.29 is 4.79 Å². The Balaban J connectivity index is 1.91. The van der Waals surface area contributed by atoms with Crippen molar-refractivity contribution in [2.75, 3.05) is 13.1 Å². The van der Waals surface area contributed by atoms with Gasteiger partial charge in [-0.15, -0.1) is 0 Å². The number of carbonyl (C=O) groups excluding carboxylic acids is 1. The minimum Gasteiger partial charge on any atom is -0.338 e. The molecule has 0 aromatic rings. The Morgan fingerprint density at radius 2 is 2.27 bits per heavy atom. The molecule has 2 amide bonds. The molecule has 1 saturated carbocycles. The van der Waals surface area contributed by atoms with Gasteiger partial charge in [-0.1, -0.05) is 6.92 Å². The molecule has 1 heterocycles. The zero-order chi connectivity index (χ0) is 10.8. The maximum Gasteiger partial charge on any atom is 0.317 e. The number of nitrogens with zero attached hydrogens (tertiary/aromatic N) is 1. The van der Waals surface area contributed by atoms with Crippen molar-refractivity contribution in [1.82, 2.24) is 10.2 Å². The molecule has 2 bridgehead atoms. The van der Waals surface area contributed by atoms with Gasteiger partial charge in [-0.05, 0) is 31.6 Å². The van der Waals surface area contributed by atoms with Crippen molar-refractivity contribution in [3.63, 3.8) is 0 Å². The molecule has 4 heteroatoms. The minimum absolute atomic E-state index is 0.110. The van der Waals surface area contributed by atoms with E-state index in [2.05, 4.69) is 12.2 Å². The highest BCUT2D eigenvalue weighted by atomic mass is 16.2. The molecule has 0 spiro atoms. The highest BCUT2D eigenvalue weighted by Gasteiger charge is 2.40. The molecule has 0 radical (unpaired) electrons. The van der Waals surface area contributed by atoms with E-state index < -0.39 is 0 Å². The Bertz CT molecular complexity index is 244. The summed E-state index contributed by atoms with van der Waals surface area (Å²) in [5.74, 6) is 0.645. The molecule has 4 nitrogen and oxygen atoms in total. The number of nitrogens with two attached hydrogens (primary N) is 1. The smallest absolute Gasteiger partial charge is 0.317 e. The van der Waals surface area contributed by atoms with Crippen molar-refractivity contribution in [2.45, 2.75) is 44.7 Å². The van der Waals surface area contributed by atoms with Crippen LogP contribution >= 0.6 is 0 Å². The number of nitrogens with one attached hydrogen (secondary N) is 1. The molecule has 3 N–H and O–H groups in total. The number of urea groups is 1. The van der Waals surface area contributed by atoms with Crippen molar-refractivity contribution in [3.8, 4) is 0 Å². The molecule has 1 aliphatic heterocycles. The third-order valence-electron chi connectivity index (χ3n) is 3.50. The van der Waals surface area contributed by atoms with Crippen molar-refractivity contribution in [3.05, 3.63) is 0 Å². The first-order valence-electron chi connectivity index (χ1n) is 6.00. The number of carbonyl (C=O) groups is 1. The van der Waals surface area contributed by atoms with Gasteiger partial charge in [0.15, 0.2) is 0 Å². The predicted octanol–water partition coefficient (Wildman–Crippen LogP) is 0.918.